The van der Waals surface area contributed by atoms with Crippen LogP contribution in [0.3, 0.4) is 0 Å². The average Bonchev–Trinajstić information content (AvgIpc) is 3.32. The fraction of sp³-hybridized carbons (Fsp3) is 0.412. The van der Waals surface area contributed by atoms with E-state index < -0.39 is 0 Å². The molecule has 25 heavy (non-hydrogen) atoms. The second-order valence-corrected chi connectivity index (χ2v) is 6.15. The lowest BCUT2D eigenvalue weighted by molar-refractivity contribution is 0.315. The molecule has 0 radical (unpaired) electrons. The van der Waals surface area contributed by atoms with Gasteiger partial charge in [0.1, 0.15) is 12.0 Å². The molecule has 0 saturated heterocycles. The number of fused-ring (bicyclic) bond motifs is 1. The maximum Gasteiger partial charge on any atom is 0.141 e. The molecule has 1 fully saturated rings. The van der Waals surface area contributed by atoms with Crippen molar-refractivity contribution in [2.75, 3.05) is 0 Å². The van der Waals surface area contributed by atoms with Crippen LogP contribution in [-0.2, 0) is 0 Å². The van der Waals surface area contributed by atoms with Crippen molar-refractivity contribution in [2.24, 2.45) is 5.92 Å². The molecule has 1 aliphatic carbocycles. The van der Waals surface area contributed by atoms with Gasteiger partial charge in [0.25, 0.3) is 0 Å². The van der Waals surface area contributed by atoms with Crippen molar-refractivity contribution in [3.8, 4) is 17.3 Å². The summed E-state index contributed by atoms with van der Waals surface area (Å²) in [5, 5.41) is 14.7. The van der Waals surface area contributed by atoms with Crippen molar-refractivity contribution in [1.82, 2.24) is 24.7 Å². The number of hydrogen-bond donors (Lipinski definition) is 1. The molecule has 4 rings (SSSR count). The summed E-state index contributed by atoms with van der Waals surface area (Å²) >= 11 is 0. The van der Waals surface area contributed by atoms with Crippen molar-refractivity contribution < 1.29 is 11.0 Å². The lowest BCUT2D eigenvalue weighted by Gasteiger charge is -2.21. The van der Waals surface area contributed by atoms with Gasteiger partial charge in [-0.15, -0.1) is 0 Å². The third-order valence-corrected chi connectivity index (χ3v) is 4.81. The number of hydrogen-bond acceptors (Lipinski definition) is 4. The molecule has 132 valence electrons. The van der Waals surface area contributed by atoms with Gasteiger partial charge in [-0.25, -0.2) is 9.97 Å². The fourth-order valence-corrected chi connectivity index (χ4v) is 3.66. The highest BCUT2D eigenvalue weighted by molar-refractivity contribution is 5.89. The summed E-state index contributed by atoms with van der Waals surface area (Å²) in [6.45, 7) is 0. The molecule has 3 aromatic heterocycles. The van der Waals surface area contributed by atoms with Crippen molar-refractivity contribution in [3.63, 3.8) is 0 Å². The number of nitrogens with zero attached hydrogens (tertiary/aromatic N) is 5. The summed E-state index contributed by atoms with van der Waals surface area (Å²) in [7, 11) is 0. The zero-order chi connectivity index (χ0) is 15.6. The molecule has 3 heterocycles. The molecule has 8 nitrogen and oxygen atoms in total. The van der Waals surface area contributed by atoms with Crippen LogP contribution in [0.4, 0.5) is 0 Å². The van der Waals surface area contributed by atoms with E-state index in [-0.39, 0.29) is 17.0 Å². The van der Waals surface area contributed by atoms with Gasteiger partial charge in [0.2, 0.25) is 0 Å². The van der Waals surface area contributed by atoms with Crippen molar-refractivity contribution in [1.29, 1.82) is 5.26 Å². The SMILES string of the molecule is N#CC[C@@H](C1CCCC1)n1cc(-c2ncnc3[nH]ccc23)cn1.O.O. The Labute approximate surface area is 145 Å². The Kier molecular flexibility index (Phi) is 5.85. The highest BCUT2D eigenvalue weighted by Crippen LogP contribution is 2.36. The highest BCUT2D eigenvalue weighted by Gasteiger charge is 2.27. The number of nitriles is 1. The van der Waals surface area contributed by atoms with E-state index in [9.17, 15) is 5.26 Å². The largest absolute Gasteiger partial charge is 0.412 e. The van der Waals surface area contributed by atoms with Gasteiger partial charge in [-0.3, -0.25) is 4.68 Å². The van der Waals surface area contributed by atoms with E-state index in [4.69, 9.17) is 0 Å². The molecule has 1 saturated carbocycles. The predicted octanol–water partition coefficient (Wildman–Crippen LogP) is 1.82. The molecule has 5 N–H and O–H groups in total. The molecule has 3 aromatic rings. The number of rotatable bonds is 4. The van der Waals surface area contributed by atoms with Gasteiger partial charge in [-0.2, -0.15) is 10.4 Å². The van der Waals surface area contributed by atoms with Crippen LogP contribution in [0.2, 0.25) is 0 Å². The number of H-pyrrole nitrogens is 1. The Morgan fingerprint density at radius 1 is 1.28 bits per heavy atom. The third-order valence-electron chi connectivity index (χ3n) is 4.81. The van der Waals surface area contributed by atoms with Gasteiger partial charge in [0.15, 0.2) is 0 Å². The standard InChI is InChI=1S/C17H18N6.2H2O/c18-7-5-15(12-3-1-2-4-12)23-10-13(9-22-23)16-14-6-8-19-17(14)21-11-20-16;;/h6,8-12,15H,1-5H2,(H,19,20,21);2*1H2/t15-;;/m0../s1. The monoisotopic (exact) mass is 342 g/mol. The Morgan fingerprint density at radius 3 is 2.84 bits per heavy atom. The predicted molar refractivity (Wildman–Crippen MR) is 93.6 cm³/mol. The van der Waals surface area contributed by atoms with E-state index >= 15 is 0 Å². The summed E-state index contributed by atoms with van der Waals surface area (Å²) < 4.78 is 1.97. The molecule has 0 aliphatic heterocycles. The molecule has 0 amide bonds. The highest BCUT2D eigenvalue weighted by atomic mass is 16.0. The van der Waals surface area contributed by atoms with Gasteiger partial charge in [0.05, 0.1) is 30.4 Å². The van der Waals surface area contributed by atoms with Crippen LogP contribution in [0.15, 0.2) is 31.0 Å². The van der Waals surface area contributed by atoms with Crippen molar-refractivity contribution in [3.05, 3.63) is 31.0 Å². The van der Waals surface area contributed by atoms with E-state index in [2.05, 4.69) is 26.1 Å². The Bertz CT molecular complexity index is 859. The lowest BCUT2D eigenvalue weighted by Crippen LogP contribution is -2.17. The third kappa shape index (κ3) is 3.38. The first-order valence-electron chi connectivity index (χ1n) is 8.06. The molecular weight excluding hydrogens is 320 g/mol. The number of nitrogens with one attached hydrogen (secondary N) is 1. The number of aromatic amines is 1. The zero-order valence-corrected chi connectivity index (χ0v) is 13.8. The van der Waals surface area contributed by atoms with Gasteiger partial charge >= 0.3 is 0 Å². The van der Waals surface area contributed by atoms with Crippen LogP contribution in [0.5, 0.6) is 0 Å². The van der Waals surface area contributed by atoms with E-state index in [0.29, 0.717) is 12.3 Å². The molecule has 0 aromatic carbocycles. The summed E-state index contributed by atoms with van der Waals surface area (Å²) in [4.78, 5) is 11.7. The van der Waals surface area contributed by atoms with Gasteiger partial charge in [0, 0.05) is 23.3 Å². The smallest absolute Gasteiger partial charge is 0.141 e. The van der Waals surface area contributed by atoms with Crippen LogP contribution in [0.25, 0.3) is 22.3 Å². The summed E-state index contributed by atoms with van der Waals surface area (Å²) in [6, 6.07) is 4.47. The fourth-order valence-electron chi connectivity index (χ4n) is 3.66. The summed E-state index contributed by atoms with van der Waals surface area (Å²) in [5.41, 5.74) is 2.68. The zero-order valence-electron chi connectivity index (χ0n) is 13.8. The van der Waals surface area contributed by atoms with Crippen molar-refractivity contribution in [2.45, 2.75) is 38.1 Å². The van der Waals surface area contributed by atoms with E-state index in [1.165, 1.54) is 25.7 Å². The van der Waals surface area contributed by atoms with E-state index in [1.807, 2.05) is 29.3 Å². The first-order chi connectivity index (χ1) is 11.4. The second kappa shape index (κ2) is 7.88. The Balaban J connectivity index is 0.00000113. The minimum atomic E-state index is 0. The minimum Gasteiger partial charge on any atom is -0.412 e. The van der Waals surface area contributed by atoms with Crippen LogP contribution in [-0.4, -0.2) is 35.7 Å². The molecule has 0 unspecified atom stereocenters. The average molecular weight is 342 g/mol. The van der Waals surface area contributed by atoms with Crippen LogP contribution in [0.1, 0.15) is 38.1 Å². The van der Waals surface area contributed by atoms with E-state index in [0.717, 1.165) is 22.3 Å². The maximum absolute atomic E-state index is 9.18. The van der Waals surface area contributed by atoms with Crippen LogP contribution < -0.4 is 0 Å². The summed E-state index contributed by atoms with van der Waals surface area (Å²) in [5.74, 6) is 0.556. The second-order valence-electron chi connectivity index (χ2n) is 6.15. The first-order valence-corrected chi connectivity index (χ1v) is 8.06. The van der Waals surface area contributed by atoms with Gasteiger partial charge < -0.3 is 15.9 Å². The molecule has 1 atom stereocenters. The van der Waals surface area contributed by atoms with E-state index in [1.54, 1.807) is 6.33 Å². The Hall–Kier alpha value is -2.76. The first kappa shape index (κ1) is 18.6. The minimum absolute atomic E-state index is 0. The van der Waals surface area contributed by atoms with Gasteiger partial charge in [-0.05, 0) is 24.8 Å². The molecular formula is C17H22N6O2. The van der Waals surface area contributed by atoms with Crippen LogP contribution in [0, 0.1) is 17.2 Å². The molecule has 0 spiro atoms. The van der Waals surface area contributed by atoms with Crippen molar-refractivity contribution >= 4 is 11.0 Å². The quantitative estimate of drug-likeness (QED) is 0.770. The Morgan fingerprint density at radius 2 is 2.08 bits per heavy atom. The van der Waals surface area contributed by atoms with Crippen LogP contribution >= 0.6 is 0 Å². The molecule has 0 bridgehead atoms. The molecule has 1 aliphatic rings. The topological polar surface area (TPSA) is 146 Å². The lowest BCUT2D eigenvalue weighted by atomic mass is 9.96. The summed E-state index contributed by atoms with van der Waals surface area (Å²) in [6.07, 6.45) is 12.7. The molecule has 8 heteroatoms. The van der Waals surface area contributed by atoms with Gasteiger partial charge in [-0.1, -0.05) is 12.8 Å². The normalized spacial score (nSPS) is 15.3. The maximum atomic E-state index is 9.18. The number of aromatic nitrogens is 5.